The molecule has 0 spiro atoms. The van der Waals surface area contributed by atoms with Crippen LogP contribution >= 0.6 is 0 Å². The van der Waals surface area contributed by atoms with Crippen LogP contribution in [-0.2, 0) is 85.1 Å². The average Bonchev–Trinajstić information content (AvgIpc) is 1.58. The molecule has 0 radical (unpaired) electrons. The number of amides is 4. The fraction of sp³-hybridized carbons (Fsp3) is 0.600. The molecule has 5 N–H and O–H groups in total. The van der Waals surface area contributed by atoms with E-state index in [-0.39, 0.29) is 107 Å². The van der Waals surface area contributed by atoms with Crippen LogP contribution in [0.1, 0.15) is 84.1 Å². The van der Waals surface area contributed by atoms with E-state index in [0.29, 0.717) is 74.9 Å². The molecule has 3 aromatic rings. The van der Waals surface area contributed by atoms with Gasteiger partial charge in [-0.05, 0) is 67.7 Å². The zero-order valence-electron chi connectivity index (χ0n) is 48.5. The smallest absolute Gasteiger partial charge is 0.266 e. The largest absolute Gasteiger partial charge is 0.393 e. The Morgan fingerprint density at radius 2 is 1.53 bits per heavy atom. The lowest BCUT2D eigenvalue weighted by atomic mass is 9.46. The highest BCUT2D eigenvalue weighted by Gasteiger charge is 2.75. The third kappa shape index (κ3) is 14.3. The third-order valence-electron chi connectivity index (χ3n) is 17.7. The van der Waals surface area contributed by atoms with Crippen LogP contribution in [0.4, 0.5) is 5.69 Å². The molecule has 4 aliphatic carbocycles. The zero-order valence-corrected chi connectivity index (χ0v) is 49.3. The number of allylic oxidation sites excluding steroid dienone is 4. The maximum absolute atomic E-state index is 14.6. The van der Waals surface area contributed by atoms with Crippen LogP contribution in [-0.4, -0.2) is 177 Å². The van der Waals surface area contributed by atoms with Crippen molar-refractivity contribution in [2.45, 2.75) is 116 Å². The van der Waals surface area contributed by atoms with Crippen LogP contribution in [0.15, 0.2) is 72.3 Å². The summed E-state index contributed by atoms with van der Waals surface area (Å²) >= 11 is 0. The van der Waals surface area contributed by atoms with E-state index in [1.165, 1.54) is 0 Å². The minimum Gasteiger partial charge on any atom is -0.393 e. The minimum atomic E-state index is -4.14. The monoisotopic (exact) mass is 1200 g/mol. The first-order chi connectivity index (χ1) is 40.9. The van der Waals surface area contributed by atoms with E-state index in [0.717, 1.165) is 36.0 Å². The van der Waals surface area contributed by atoms with Crippen molar-refractivity contribution in [1.82, 2.24) is 30.9 Å². The molecule has 1 saturated heterocycles. The molecule has 3 heterocycles. The number of nitrogens with zero attached hydrogens (tertiary/aromatic N) is 4. The summed E-state index contributed by atoms with van der Waals surface area (Å²) in [5, 5.41) is 28.8. The van der Waals surface area contributed by atoms with Gasteiger partial charge in [-0.25, -0.2) is 4.68 Å². The minimum absolute atomic E-state index is 0.00121. The van der Waals surface area contributed by atoms with Crippen LogP contribution in [0.25, 0.3) is 22.5 Å². The molecule has 3 saturated carbocycles. The van der Waals surface area contributed by atoms with Gasteiger partial charge in [-0.2, -0.15) is 8.42 Å². The molecule has 9 rings (SSSR count). The van der Waals surface area contributed by atoms with Crippen molar-refractivity contribution < 1.29 is 80.0 Å². The number of rotatable bonds is 30. The number of fused-ring (bicyclic) bond motifs is 12. The molecule has 0 bridgehead atoms. The number of aliphatic hydroxyl groups is 1. The molecule has 1 unspecified atom stereocenters. The van der Waals surface area contributed by atoms with Crippen molar-refractivity contribution in [3.8, 4) is 22.5 Å². The summed E-state index contributed by atoms with van der Waals surface area (Å²) in [6.07, 6.45) is 6.83. The van der Waals surface area contributed by atoms with Crippen LogP contribution in [0.5, 0.6) is 0 Å². The molecule has 85 heavy (non-hydrogen) atoms. The van der Waals surface area contributed by atoms with Gasteiger partial charge in [-0.15, -0.1) is 5.10 Å². The molecule has 2 aliphatic heterocycles. The van der Waals surface area contributed by atoms with Gasteiger partial charge in [0, 0.05) is 53.7 Å². The van der Waals surface area contributed by atoms with Gasteiger partial charge in [-0.1, -0.05) is 86.5 Å². The van der Waals surface area contributed by atoms with Crippen LogP contribution in [0, 0.1) is 28.6 Å². The topological polar surface area (TPSA) is 312 Å². The normalized spacial score (nSPS) is 26.3. The van der Waals surface area contributed by atoms with Crippen molar-refractivity contribution in [2.24, 2.45) is 28.6 Å². The van der Waals surface area contributed by atoms with Crippen LogP contribution < -0.4 is 20.9 Å². The third-order valence-corrected chi connectivity index (χ3v) is 18.4. The summed E-state index contributed by atoms with van der Waals surface area (Å²) in [7, 11) is -4.14. The van der Waals surface area contributed by atoms with E-state index in [9.17, 15) is 42.3 Å². The Balaban J connectivity index is 0.711. The molecule has 1 aromatic heterocycles. The number of aromatic nitrogens is 3. The lowest BCUT2D eigenvalue weighted by molar-refractivity contribution is -0.201. The Kier molecular flexibility index (Phi) is 21.0. The van der Waals surface area contributed by atoms with Crippen molar-refractivity contribution in [3.63, 3.8) is 0 Å². The van der Waals surface area contributed by atoms with Gasteiger partial charge in [0.2, 0.25) is 23.6 Å². The number of nitrogens with one attached hydrogen (secondary N) is 3. The van der Waals surface area contributed by atoms with Crippen molar-refractivity contribution in [2.75, 3.05) is 89.9 Å². The number of anilines is 1. The van der Waals surface area contributed by atoms with E-state index < -0.39 is 75.1 Å². The van der Waals surface area contributed by atoms with E-state index in [2.05, 4.69) is 33.2 Å². The van der Waals surface area contributed by atoms with Gasteiger partial charge in [0.15, 0.2) is 23.5 Å². The summed E-state index contributed by atoms with van der Waals surface area (Å²) in [5.41, 5.74) is 2.69. The molecule has 6 aliphatic rings. The first kappa shape index (κ1) is 63.4. The van der Waals surface area contributed by atoms with Crippen molar-refractivity contribution in [3.05, 3.63) is 77.9 Å². The van der Waals surface area contributed by atoms with E-state index >= 15 is 0 Å². The number of ketones is 2. The van der Waals surface area contributed by atoms with Crippen molar-refractivity contribution >= 4 is 51.0 Å². The van der Waals surface area contributed by atoms with Gasteiger partial charge in [0.1, 0.15) is 19.0 Å². The summed E-state index contributed by atoms with van der Waals surface area (Å²) in [4.78, 5) is 80.8. The summed E-state index contributed by atoms with van der Waals surface area (Å²) in [5.74, 6) is -2.77. The molecule has 25 heteroatoms. The summed E-state index contributed by atoms with van der Waals surface area (Å²) < 4.78 is 73.4. The molecule has 2 aromatic carbocycles. The number of Topliss-reactive ketones (excluding diaryl/α,β-unsaturated/α-hetero) is 1. The Morgan fingerprint density at radius 1 is 0.835 bits per heavy atom. The average molecular weight is 1200 g/mol. The standard InChI is InChI=1S/C60H79N7O17S/c1-4-9-54-83-49-33-45-43-15-14-40-32-41(68)18-20-58(40,2)55(43)47(69)34-59(45,3)60(49,84-54)48(70)37-82-38-63-52(73)35-62-50(71)16-17-53(74)66-36-39-10-5-6-11-42(39)56-57(44-12-7-8-13-46(44)66)67(65-64-56)22-24-79-26-28-81-30-29-80-27-25-78-23-19-51(72)61-21-31-85(75,76)77/h5-8,10-13,18,20,32,43,45,47,49,54-55,69H,4,9,14-17,19,21-31,33-38H2,1-3H3,(H,61,72)(H,62,71)(H,63,73)(H,75,76,77)/t43-,45-,47-,49+,54?,55+,58-,59-,60+/m0/s1. The molecule has 4 fully saturated rings. The summed E-state index contributed by atoms with van der Waals surface area (Å²) in [6.45, 7) is 7.62. The first-order valence-electron chi connectivity index (χ1n) is 29.4. The first-order valence-corrected chi connectivity index (χ1v) is 31.0. The second-order valence-electron chi connectivity index (χ2n) is 22.9. The summed E-state index contributed by atoms with van der Waals surface area (Å²) in [6, 6.07) is 15.1. The Hall–Kier alpha value is -6.13. The fourth-order valence-corrected chi connectivity index (χ4v) is 14.1. The Labute approximate surface area is 494 Å². The van der Waals surface area contributed by atoms with Gasteiger partial charge in [-0.3, -0.25) is 33.3 Å². The predicted molar refractivity (Wildman–Crippen MR) is 306 cm³/mol. The second kappa shape index (κ2) is 28.1. The van der Waals surface area contributed by atoms with E-state index in [1.54, 1.807) is 21.7 Å². The van der Waals surface area contributed by atoms with Gasteiger partial charge < -0.3 is 59.1 Å². The number of para-hydroxylation sites is 1. The quantitative estimate of drug-likeness (QED) is 0.0361. The number of hydrogen-bond donors (Lipinski definition) is 5. The number of ether oxygens (including phenoxy) is 7. The fourth-order valence-electron chi connectivity index (χ4n) is 13.8. The second-order valence-corrected chi connectivity index (χ2v) is 24.5. The highest BCUT2D eigenvalue weighted by molar-refractivity contribution is 7.85. The predicted octanol–water partition coefficient (Wildman–Crippen LogP) is 3.64. The lowest BCUT2D eigenvalue weighted by Crippen LogP contribution is -2.63. The molecular formula is C60H79N7O17S. The zero-order chi connectivity index (χ0) is 60.4. The molecular weight excluding hydrogens is 1120 g/mol. The number of hydrogen-bond acceptors (Lipinski definition) is 18. The number of carbonyl (C=O) groups is 6. The number of aliphatic hydroxyl groups excluding tert-OH is 1. The maximum Gasteiger partial charge on any atom is 0.266 e. The number of carbonyl (C=O) groups excluding carboxylic acids is 6. The van der Waals surface area contributed by atoms with Crippen molar-refractivity contribution in [1.29, 1.82) is 0 Å². The van der Waals surface area contributed by atoms with E-state index in [4.69, 9.17) is 37.7 Å². The molecule has 9 atom stereocenters. The van der Waals surface area contributed by atoms with Crippen LogP contribution in [0.3, 0.4) is 0 Å². The van der Waals surface area contributed by atoms with Gasteiger partial charge >= 0.3 is 0 Å². The highest BCUT2D eigenvalue weighted by atomic mass is 32.2. The van der Waals surface area contributed by atoms with E-state index in [1.807, 2.05) is 68.5 Å². The molecule has 24 nitrogen and oxygen atoms in total. The van der Waals surface area contributed by atoms with Gasteiger partial charge in [0.25, 0.3) is 10.1 Å². The highest BCUT2D eigenvalue weighted by Crippen LogP contribution is 2.70. The van der Waals surface area contributed by atoms with Crippen LogP contribution in [0.2, 0.25) is 0 Å². The molecule has 462 valence electrons. The maximum atomic E-state index is 14.6. The van der Waals surface area contributed by atoms with Gasteiger partial charge in [0.05, 0.1) is 102 Å². The Morgan fingerprint density at radius 3 is 2.27 bits per heavy atom. The lowest BCUT2D eigenvalue weighted by Gasteiger charge is -2.59. The molecule has 4 amide bonds. The number of benzene rings is 2. The SMILES string of the molecule is CCCC1O[C@@H]2C[C@H]3[C@@H]4CCC5=CC(=O)C=C[C@]5(C)[C@H]4[C@@H](O)C[C@]3(C)[C@]2(C(=O)COCNC(=O)CNC(=O)CCC(=O)N2Cc3ccccc3-c3nnn(CCOCCOCCOCCOCCC(=O)NCCS(=O)(=O)O)c3-c3ccccc32)O1. The Bertz CT molecular complexity index is 3100.